The van der Waals surface area contributed by atoms with E-state index in [-0.39, 0.29) is 5.97 Å². The van der Waals surface area contributed by atoms with Gasteiger partial charge in [0.2, 0.25) is 0 Å². The lowest BCUT2D eigenvalue weighted by Crippen LogP contribution is -2.29. The fourth-order valence-electron chi connectivity index (χ4n) is 2.47. The summed E-state index contributed by atoms with van der Waals surface area (Å²) in [7, 11) is 1.44. The minimum Gasteiger partial charge on any atom is -0.469 e. The Morgan fingerprint density at radius 1 is 1.17 bits per heavy atom. The van der Waals surface area contributed by atoms with E-state index in [4.69, 9.17) is 4.74 Å². The summed E-state index contributed by atoms with van der Waals surface area (Å²) in [5.41, 5.74) is 2.35. The number of carbonyl (C=O) groups excluding carboxylic acids is 1. The second-order valence-corrected chi connectivity index (χ2v) is 4.86. The SMILES string of the molecule is COC(=O)Cc1ccccc1CN1CCCCC1. The Balaban J connectivity index is 2.04. The zero-order valence-electron chi connectivity index (χ0n) is 11.0. The number of ether oxygens (including phenoxy) is 1. The highest BCUT2D eigenvalue weighted by molar-refractivity contribution is 5.72. The predicted octanol–water partition coefficient (Wildman–Crippen LogP) is 2.39. The fourth-order valence-corrected chi connectivity index (χ4v) is 2.47. The van der Waals surface area contributed by atoms with Crippen molar-refractivity contribution in [3.63, 3.8) is 0 Å². The maximum Gasteiger partial charge on any atom is 0.309 e. The van der Waals surface area contributed by atoms with Gasteiger partial charge >= 0.3 is 5.97 Å². The highest BCUT2D eigenvalue weighted by Crippen LogP contribution is 2.16. The van der Waals surface area contributed by atoms with E-state index in [0.29, 0.717) is 6.42 Å². The summed E-state index contributed by atoms with van der Waals surface area (Å²) in [5.74, 6) is -0.166. The third-order valence-electron chi connectivity index (χ3n) is 3.52. The summed E-state index contributed by atoms with van der Waals surface area (Å²) >= 11 is 0. The summed E-state index contributed by atoms with van der Waals surface area (Å²) < 4.78 is 4.75. The molecule has 1 aliphatic heterocycles. The smallest absolute Gasteiger partial charge is 0.309 e. The average Bonchev–Trinajstić information content (AvgIpc) is 2.42. The first-order chi connectivity index (χ1) is 8.79. The molecule has 0 aliphatic carbocycles. The number of carbonyl (C=O) groups is 1. The fraction of sp³-hybridized carbons (Fsp3) is 0.533. The highest BCUT2D eigenvalue weighted by atomic mass is 16.5. The normalized spacial score (nSPS) is 16.5. The van der Waals surface area contributed by atoms with Gasteiger partial charge < -0.3 is 4.74 Å². The van der Waals surface area contributed by atoms with Crippen molar-refractivity contribution in [1.29, 1.82) is 0 Å². The molecular formula is C15H21NO2. The largest absolute Gasteiger partial charge is 0.469 e. The molecule has 0 radical (unpaired) electrons. The van der Waals surface area contributed by atoms with Crippen molar-refractivity contribution in [2.24, 2.45) is 0 Å². The van der Waals surface area contributed by atoms with Crippen molar-refractivity contribution in [1.82, 2.24) is 4.90 Å². The Kier molecular flexibility index (Phi) is 4.76. The van der Waals surface area contributed by atoms with Crippen LogP contribution in [0, 0.1) is 0 Å². The third-order valence-corrected chi connectivity index (χ3v) is 3.52. The number of methoxy groups -OCH3 is 1. The van der Waals surface area contributed by atoms with Gasteiger partial charge in [-0.1, -0.05) is 30.7 Å². The quantitative estimate of drug-likeness (QED) is 0.765. The van der Waals surface area contributed by atoms with Gasteiger partial charge in [-0.2, -0.15) is 0 Å². The Bertz CT molecular complexity index is 397. The number of hydrogen-bond donors (Lipinski definition) is 0. The van der Waals surface area contributed by atoms with Gasteiger partial charge in [-0.3, -0.25) is 9.69 Å². The maximum atomic E-state index is 11.4. The van der Waals surface area contributed by atoms with E-state index in [1.54, 1.807) is 0 Å². The van der Waals surface area contributed by atoms with Gasteiger partial charge in [0.1, 0.15) is 0 Å². The lowest BCUT2D eigenvalue weighted by molar-refractivity contribution is -0.139. The van der Waals surface area contributed by atoms with Gasteiger partial charge in [0.25, 0.3) is 0 Å². The first-order valence-corrected chi connectivity index (χ1v) is 6.65. The molecule has 1 fully saturated rings. The van der Waals surface area contributed by atoms with E-state index in [1.165, 1.54) is 45.0 Å². The van der Waals surface area contributed by atoms with Crippen LogP contribution in [0.1, 0.15) is 30.4 Å². The summed E-state index contributed by atoms with van der Waals surface area (Å²) in [6, 6.07) is 8.17. The molecule has 1 saturated heterocycles. The molecule has 1 aliphatic rings. The molecule has 3 nitrogen and oxygen atoms in total. The molecule has 3 heteroatoms. The number of benzene rings is 1. The first-order valence-electron chi connectivity index (χ1n) is 6.65. The van der Waals surface area contributed by atoms with Crippen molar-refractivity contribution in [3.05, 3.63) is 35.4 Å². The Morgan fingerprint density at radius 3 is 2.50 bits per heavy atom. The second-order valence-electron chi connectivity index (χ2n) is 4.86. The molecule has 0 bridgehead atoms. The summed E-state index contributed by atoms with van der Waals surface area (Å²) in [4.78, 5) is 13.9. The van der Waals surface area contributed by atoms with Crippen LogP contribution in [0.3, 0.4) is 0 Å². The van der Waals surface area contributed by atoms with E-state index in [9.17, 15) is 4.79 Å². The number of hydrogen-bond acceptors (Lipinski definition) is 3. The lowest BCUT2D eigenvalue weighted by Gasteiger charge is -2.27. The van der Waals surface area contributed by atoms with Crippen LogP contribution in [0.25, 0.3) is 0 Å². The van der Waals surface area contributed by atoms with Crippen LogP contribution in [0.15, 0.2) is 24.3 Å². The number of likely N-dealkylation sites (tertiary alicyclic amines) is 1. The average molecular weight is 247 g/mol. The van der Waals surface area contributed by atoms with Crippen LogP contribution in [-0.4, -0.2) is 31.1 Å². The van der Waals surface area contributed by atoms with Crippen molar-refractivity contribution < 1.29 is 9.53 Å². The number of rotatable bonds is 4. The maximum absolute atomic E-state index is 11.4. The van der Waals surface area contributed by atoms with E-state index in [1.807, 2.05) is 18.2 Å². The lowest BCUT2D eigenvalue weighted by atomic mass is 10.0. The van der Waals surface area contributed by atoms with Gasteiger partial charge in [0.05, 0.1) is 13.5 Å². The van der Waals surface area contributed by atoms with Crippen molar-refractivity contribution in [2.75, 3.05) is 20.2 Å². The van der Waals surface area contributed by atoms with Gasteiger partial charge in [0.15, 0.2) is 0 Å². The van der Waals surface area contributed by atoms with E-state index in [2.05, 4.69) is 11.0 Å². The van der Waals surface area contributed by atoms with Gasteiger partial charge in [-0.15, -0.1) is 0 Å². The van der Waals surface area contributed by atoms with Crippen molar-refractivity contribution in [2.45, 2.75) is 32.2 Å². The van der Waals surface area contributed by atoms with Gasteiger partial charge in [-0.25, -0.2) is 0 Å². The molecular weight excluding hydrogens is 226 g/mol. The zero-order valence-corrected chi connectivity index (χ0v) is 11.0. The molecule has 0 unspecified atom stereocenters. The monoisotopic (exact) mass is 247 g/mol. The van der Waals surface area contributed by atoms with Gasteiger partial charge in [-0.05, 0) is 37.1 Å². The predicted molar refractivity (Wildman–Crippen MR) is 71.3 cm³/mol. The van der Waals surface area contributed by atoms with Crippen molar-refractivity contribution in [3.8, 4) is 0 Å². The molecule has 0 aromatic heterocycles. The minimum absolute atomic E-state index is 0.166. The molecule has 0 saturated carbocycles. The molecule has 0 N–H and O–H groups in total. The number of esters is 1. The van der Waals surface area contributed by atoms with Crippen molar-refractivity contribution >= 4 is 5.97 Å². The molecule has 18 heavy (non-hydrogen) atoms. The molecule has 0 spiro atoms. The van der Waals surface area contributed by atoms with Crippen LogP contribution in [-0.2, 0) is 22.5 Å². The Hall–Kier alpha value is -1.35. The van der Waals surface area contributed by atoms with Crippen LogP contribution in [0.2, 0.25) is 0 Å². The summed E-state index contributed by atoms with van der Waals surface area (Å²) in [6.45, 7) is 3.30. The summed E-state index contributed by atoms with van der Waals surface area (Å²) in [5, 5.41) is 0. The molecule has 0 amide bonds. The Labute approximate surface area is 109 Å². The van der Waals surface area contributed by atoms with E-state index >= 15 is 0 Å². The molecule has 98 valence electrons. The number of nitrogens with zero attached hydrogens (tertiary/aromatic N) is 1. The van der Waals surface area contributed by atoms with Gasteiger partial charge in [0, 0.05) is 6.54 Å². The second kappa shape index (κ2) is 6.55. The van der Waals surface area contributed by atoms with Crippen LogP contribution in [0.5, 0.6) is 0 Å². The molecule has 2 rings (SSSR count). The minimum atomic E-state index is -0.166. The van der Waals surface area contributed by atoms with Crippen LogP contribution >= 0.6 is 0 Å². The Morgan fingerprint density at radius 2 is 1.83 bits per heavy atom. The topological polar surface area (TPSA) is 29.5 Å². The van der Waals surface area contributed by atoms with Crippen LogP contribution in [0.4, 0.5) is 0 Å². The van der Waals surface area contributed by atoms with E-state index < -0.39 is 0 Å². The highest BCUT2D eigenvalue weighted by Gasteiger charge is 2.13. The zero-order chi connectivity index (χ0) is 12.8. The summed E-state index contributed by atoms with van der Waals surface area (Å²) in [6.07, 6.45) is 4.30. The molecule has 1 aromatic rings. The molecule has 0 atom stereocenters. The molecule has 1 aromatic carbocycles. The third kappa shape index (κ3) is 3.57. The van der Waals surface area contributed by atoms with Crippen LogP contribution < -0.4 is 0 Å². The first kappa shape index (κ1) is 13.1. The standard InChI is InChI=1S/C15H21NO2/c1-18-15(17)11-13-7-3-4-8-14(13)12-16-9-5-2-6-10-16/h3-4,7-8H,2,5-6,9-12H2,1H3. The van der Waals surface area contributed by atoms with E-state index in [0.717, 1.165) is 12.1 Å². The number of piperidine rings is 1. The molecule has 1 heterocycles.